The van der Waals surface area contributed by atoms with E-state index in [1.807, 2.05) is 0 Å². The van der Waals surface area contributed by atoms with Crippen LogP contribution in [0.15, 0.2) is 72.8 Å². The second-order valence-electron chi connectivity index (χ2n) is 6.47. The van der Waals surface area contributed by atoms with Gasteiger partial charge in [-0.25, -0.2) is 0 Å². The van der Waals surface area contributed by atoms with E-state index in [9.17, 15) is 0 Å². The van der Waals surface area contributed by atoms with E-state index in [0.717, 1.165) is 32.7 Å². The number of rotatable bonds is 8. The predicted molar refractivity (Wildman–Crippen MR) is 109 cm³/mol. The highest BCUT2D eigenvalue weighted by Crippen LogP contribution is 2.23. The predicted octanol–water partition coefficient (Wildman–Crippen LogP) is 5.19. The standard InChI is InChI=1S/C23H28N2/c1-3-24(4-2)16-17-25(19-20-10-6-5-7-11-20)23-15-14-21-12-8-9-13-22(21)18-23/h5-15,18H,3-4,16-17,19H2,1-2H3. The van der Waals surface area contributed by atoms with Crippen molar-refractivity contribution in [3.8, 4) is 0 Å². The topological polar surface area (TPSA) is 6.48 Å². The first kappa shape index (κ1) is 17.5. The summed E-state index contributed by atoms with van der Waals surface area (Å²) in [5.74, 6) is 0. The van der Waals surface area contributed by atoms with Crippen LogP contribution in [0.1, 0.15) is 19.4 Å². The molecular formula is C23H28N2. The molecule has 0 spiro atoms. The molecule has 0 fully saturated rings. The van der Waals surface area contributed by atoms with Crippen molar-refractivity contribution < 1.29 is 0 Å². The zero-order chi connectivity index (χ0) is 17.5. The summed E-state index contributed by atoms with van der Waals surface area (Å²) in [6.07, 6.45) is 0. The van der Waals surface area contributed by atoms with Crippen molar-refractivity contribution in [3.63, 3.8) is 0 Å². The van der Waals surface area contributed by atoms with Gasteiger partial charge in [0.25, 0.3) is 0 Å². The second-order valence-corrected chi connectivity index (χ2v) is 6.47. The molecule has 0 aliphatic heterocycles. The lowest BCUT2D eigenvalue weighted by atomic mass is 10.1. The van der Waals surface area contributed by atoms with Crippen LogP contribution >= 0.6 is 0 Å². The van der Waals surface area contributed by atoms with E-state index in [1.165, 1.54) is 22.0 Å². The first-order valence-corrected chi connectivity index (χ1v) is 9.30. The van der Waals surface area contributed by atoms with Gasteiger partial charge in [0.15, 0.2) is 0 Å². The molecule has 25 heavy (non-hydrogen) atoms. The van der Waals surface area contributed by atoms with Gasteiger partial charge in [0.2, 0.25) is 0 Å². The van der Waals surface area contributed by atoms with E-state index in [0.29, 0.717) is 0 Å². The molecule has 2 heteroatoms. The summed E-state index contributed by atoms with van der Waals surface area (Å²) in [5.41, 5.74) is 2.66. The average Bonchev–Trinajstić information content (AvgIpc) is 2.68. The van der Waals surface area contributed by atoms with Crippen LogP contribution in [0.25, 0.3) is 10.8 Å². The van der Waals surface area contributed by atoms with Crippen LogP contribution in [0.3, 0.4) is 0 Å². The van der Waals surface area contributed by atoms with Crippen LogP contribution in [-0.2, 0) is 6.54 Å². The lowest BCUT2D eigenvalue weighted by molar-refractivity contribution is 0.309. The smallest absolute Gasteiger partial charge is 0.0430 e. The monoisotopic (exact) mass is 332 g/mol. The van der Waals surface area contributed by atoms with Crippen molar-refractivity contribution in [1.82, 2.24) is 4.90 Å². The molecule has 0 aliphatic rings. The quantitative estimate of drug-likeness (QED) is 0.560. The summed E-state index contributed by atoms with van der Waals surface area (Å²) in [5, 5.41) is 2.61. The highest BCUT2D eigenvalue weighted by molar-refractivity contribution is 5.85. The van der Waals surface area contributed by atoms with E-state index >= 15 is 0 Å². The number of nitrogens with zero attached hydrogens (tertiary/aromatic N) is 2. The van der Waals surface area contributed by atoms with Crippen LogP contribution in [0.2, 0.25) is 0 Å². The molecule has 0 aliphatic carbocycles. The first-order chi connectivity index (χ1) is 12.3. The Labute approximate surface area is 151 Å². The molecule has 130 valence electrons. The summed E-state index contributed by atoms with van der Waals surface area (Å²) in [6.45, 7) is 9.75. The maximum Gasteiger partial charge on any atom is 0.0430 e. The van der Waals surface area contributed by atoms with Crippen molar-refractivity contribution in [2.75, 3.05) is 31.1 Å². The van der Waals surface area contributed by atoms with Crippen LogP contribution < -0.4 is 4.90 Å². The van der Waals surface area contributed by atoms with Gasteiger partial charge < -0.3 is 9.80 Å². The van der Waals surface area contributed by atoms with Crippen LogP contribution in [-0.4, -0.2) is 31.1 Å². The Morgan fingerprint density at radius 3 is 2.08 bits per heavy atom. The van der Waals surface area contributed by atoms with Crippen molar-refractivity contribution in [3.05, 3.63) is 78.4 Å². The fourth-order valence-corrected chi connectivity index (χ4v) is 3.28. The fourth-order valence-electron chi connectivity index (χ4n) is 3.28. The Morgan fingerprint density at radius 2 is 1.36 bits per heavy atom. The van der Waals surface area contributed by atoms with Gasteiger partial charge in [-0.1, -0.05) is 74.5 Å². The number of hydrogen-bond donors (Lipinski definition) is 0. The van der Waals surface area contributed by atoms with E-state index in [4.69, 9.17) is 0 Å². The highest BCUT2D eigenvalue weighted by atomic mass is 15.2. The first-order valence-electron chi connectivity index (χ1n) is 9.30. The molecule has 0 heterocycles. The number of anilines is 1. The Bertz CT molecular complexity index is 778. The van der Waals surface area contributed by atoms with Gasteiger partial charge >= 0.3 is 0 Å². The summed E-state index contributed by atoms with van der Waals surface area (Å²) < 4.78 is 0. The zero-order valence-electron chi connectivity index (χ0n) is 15.4. The number of hydrogen-bond acceptors (Lipinski definition) is 2. The molecule has 0 N–H and O–H groups in total. The van der Waals surface area contributed by atoms with Crippen molar-refractivity contribution in [1.29, 1.82) is 0 Å². The lowest BCUT2D eigenvalue weighted by Gasteiger charge is -2.28. The molecule has 0 amide bonds. The SMILES string of the molecule is CCN(CC)CCN(Cc1ccccc1)c1ccc2ccccc2c1. The molecule has 0 saturated heterocycles. The number of likely N-dealkylation sites (N-methyl/N-ethyl adjacent to an activating group) is 1. The van der Waals surface area contributed by atoms with Gasteiger partial charge in [0.1, 0.15) is 0 Å². The lowest BCUT2D eigenvalue weighted by Crippen LogP contribution is -2.34. The number of fused-ring (bicyclic) bond motifs is 1. The summed E-state index contributed by atoms with van der Waals surface area (Å²) in [4.78, 5) is 4.99. The minimum absolute atomic E-state index is 0.945. The summed E-state index contributed by atoms with van der Waals surface area (Å²) in [6, 6.07) is 26.2. The maximum absolute atomic E-state index is 2.50. The van der Waals surface area contributed by atoms with Gasteiger partial charge in [0.05, 0.1) is 0 Å². The molecule has 0 atom stereocenters. The van der Waals surface area contributed by atoms with Crippen LogP contribution in [0, 0.1) is 0 Å². The van der Waals surface area contributed by atoms with Crippen molar-refractivity contribution >= 4 is 16.5 Å². The van der Waals surface area contributed by atoms with Gasteiger partial charge in [-0.15, -0.1) is 0 Å². The minimum atomic E-state index is 0.945. The maximum atomic E-state index is 2.50. The van der Waals surface area contributed by atoms with Crippen LogP contribution in [0.4, 0.5) is 5.69 Å². The fraction of sp³-hybridized carbons (Fsp3) is 0.304. The Hall–Kier alpha value is -2.32. The third-order valence-corrected chi connectivity index (χ3v) is 4.90. The molecule has 0 bridgehead atoms. The van der Waals surface area contributed by atoms with Crippen molar-refractivity contribution in [2.45, 2.75) is 20.4 Å². The van der Waals surface area contributed by atoms with E-state index in [2.05, 4.69) is 96.4 Å². The zero-order valence-corrected chi connectivity index (χ0v) is 15.4. The Kier molecular flexibility index (Phi) is 6.08. The molecule has 3 aromatic rings. The highest BCUT2D eigenvalue weighted by Gasteiger charge is 2.10. The summed E-state index contributed by atoms with van der Waals surface area (Å²) >= 11 is 0. The third-order valence-electron chi connectivity index (χ3n) is 4.90. The molecule has 2 nitrogen and oxygen atoms in total. The van der Waals surface area contributed by atoms with E-state index < -0.39 is 0 Å². The second kappa shape index (κ2) is 8.68. The van der Waals surface area contributed by atoms with Gasteiger partial charge in [-0.05, 0) is 41.6 Å². The molecule has 3 rings (SSSR count). The Morgan fingerprint density at radius 1 is 0.680 bits per heavy atom. The van der Waals surface area contributed by atoms with E-state index in [-0.39, 0.29) is 0 Å². The van der Waals surface area contributed by atoms with Crippen molar-refractivity contribution in [2.24, 2.45) is 0 Å². The molecule has 3 aromatic carbocycles. The van der Waals surface area contributed by atoms with E-state index in [1.54, 1.807) is 0 Å². The summed E-state index contributed by atoms with van der Waals surface area (Å²) in [7, 11) is 0. The van der Waals surface area contributed by atoms with Crippen LogP contribution in [0.5, 0.6) is 0 Å². The molecule has 0 aromatic heterocycles. The third kappa shape index (κ3) is 4.61. The molecule has 0 saturated carbocycles. The average molecular weight is 332 g/mol. The van der Waals surface area contributed by atoms with Gasteiger partial charge in [0, 0.05) is 25.3 Å². The number of benzene rings is 3. The minimum Gasteiger partial charge on any atom is -0.366 e. The van der Waals surface area contributed by atoms with Gasteiger partial charge in [-0.2, -0.15) is 0 Å². The largest absolute Gasteiger partial charge is 0.366 e. The normalized spacial score (nSPS) is 11.2. The molecule has 0 unspecified atom stereocenters. The van der Waals surface area contributed by atoms with Gasteiger partial charge in [-0.3, -0.25) is 0 Å². The molecule has 0 radical (unpaired) electrons. The Balaban J connectivity index is 1.85. The molecular weight excluding hydrogens is 304 g/mol.